The van der Waals surface area contributed by atoms with Crippen LogP contribution in [0, 0.1) is 43.5 Å². The van der Waals surface area contributed by atoms with Crippen molar-refractivity contribution in [2.75, 3.05) is 0 Å². The van der Waals surface area contributed by atoms with E-state index in [0.717, 1.165) is 52.0 Å². The molecule has 0 N–H and O–H groups in total. The summed E-state index contributed by atoms with van der Waals surface area (Å²) in [6.07, 6.45) is 4.16. The maximum Gasteiger partial charge on any atom is 3.00 e. The maximum atomic E-state index is 14.6. The molecule has 48 heavy (non-hydrogen) atoms. The first-order chi connectivity index (χ1) is 22.4. The van der Waals surface area contributed by atoms with Crippen molar-refractivity contribution >= 4 is 0 Å². The van der Waals surface area contributed by atoms with E-state index in [1.807, 2.05) is 74.5 Å². The SMILES string of the molecule is CC(C)Cc1ccnc(-c2[c-]c(-c3cc(C(C)(C)C)ccn3)c(F)cc2F)c1.Cc1c[c-]c(-c2cccc(-c3cc(C)n[n-]3)n2)cc1.[Ir+3]. The molecule has 5 nitrogen and oxygen atoms in total. The van der Waals surface area contributed by atoms with Crippen LogP contribution in [0.5, 0.6) is 0 Å². The van der Waals surface area contributed by atoms with Gasteiger partial charge in [-0.15, -0.1) is 41.5 Å². The Labute approximate surface area is 295 Å². The van der Waals surface area contributed by atoms with E-state index in [0.29, 0.717) is 17.3 Å². The van der Waals surface area contributed by atoms with Gasteiger partial charge in [0.15, 0.2) is 0 Å². The van der Waals surface area contributed by atoms with E-state index in [1.165, 1.54) is 5.56 Å². The zero-order valence-corrected chi connectivity index (χ0v) is 30.6. The van der Waals surface area contributed by atoms with Gasteiger partial charge in [-0.2, -0.15) is 0 Å². The molecule has 0 aliphatic heterocycles. The number of halogens is 2. The molecule has 0 saturated carbocycles. The number of aryl methyl sites for hydroxylation is 2. The van der Waals surface area contributed by atoms with Gasteiger partial charge >= 0.3 is 20.1 Å². The van der Waals surface area contributed by atoms with Crippen molar-refractivity contribution in [3.05, 3.63) is 131 Å². The van der Waals surface area contributed by atoms with Gasteiger partial charge in [0.2, 0.25) is 0 Å². The summed E-state index contributed by atoms with van der Waals surface area (Å²) in [7, 11) is 0. The molecule has 6 aromatic rings. The Bertz CT molecular complexity index is 1980. The van der Waals surface area contributed by atoms with Crippen LogP contribution in [0.25, 0.3) is 45.2 Å². The van der Waals surface area contributed by atoms with Crippen LogP contribution in [0.2, 0.25) is 0 Å². The molecule has 0 unspecified atom stereocenters. The predicted molar refractivity (Wildman–Crippen MR) is 183 cm³/mol. The second-order valence-corrected chi connectivity index (χ2v) is 13.1. The smallest absolute Gasteiger partial charge is 0.574 e. The Morgan fingerprint density at radius 2 is 1.46 bits per heavy atom. The fourth-order valence-corrected chi connectivity index (χ4v) is 5.02. The minimum Gasteiger partial charge on any atom is -0.574 e. The van der Waals surface area contributed by atoms with Crippen molar-refractivity contribution in [1.82, 2.24) is 25.1 Å². The molecular weight excluding hydrogens is 781 g/mol. The molecule has 6 rings (SSSR count). The number of hydrogen-bond donors (Lipinski definition) is 0. The van der Waals surface area contributed by atoms with Crippen molar-refractivity contribution in [2.24, 2.45) is 5.92 Å². The average Bonchev–Trinajstić information content (AvgIpc) is 3.47. The maximum absolute atomic E-state index is 14.6. The molecule has 0 aliphatic rings. The van der Waals surface area contributed by atoms with Crippen LogP contribution in [0.1, 0.15) is 57.0 Å². The van der Waals surface area contributed by atoms with Crippen molar-refractivity contribution in [3.63, 3.8) is 0 Å². The Morgan fingerprint density at radius 3 is 2.06 bits per heavy atom. The van der Waals surface area contributed by atoms with E-state index in [-0.39, 0.29) is 36.6 Å². The summed E-state index contributed by atoms with van der Waals surface area (Å²) in [6.45, 7) is 14.4. The molecular formula is C40H38F2IrN5. The van der Waals surface area contributed by atoms with Gasteiger partial charge in [-0.05, 0) is 54.1 Å². The molecule has 8 heteroatoms. The fourth-order valence-electron chi connectivity index (χ4n) is 5.02. The zero-order chi connectivity index (χ0) is 33.7. The van der Waals surface area contributed by atoms with E-state index >= 15 is 0 Å². The summed E-state index contributed by atoms with van der Waals surface area (Å²) >= 11 is 0. The fraction of sp³-hybridized carbons (Fsp3) is 0.250. The van der Waals surface area contributed by atoms with E-state index in [2.05, 4.69) is 78.0 Å². The van der Waals surface area contributed by atoms with Crippen LogP contribution >= 0.6 is 0 Å². The standard InChI is InChI=1S/C24H25F2N2.C16H13N3.Ir/c1-15(2)10-16-6-8-27-22(11-16)18-13-19(21(26)14-20(18)25)23-12-17(7-9-28-23)24(3,4)5;1-11-6-8-13(9-7-11)14-4-3-5-15(17-14)16-10-12(2)18-19-16;/h6-9,11-12,14-15H,10H2,1-5H3;3-8,10H,1-2H3;/q-1;-2;+3. The van der Waals surface area contributed by atoms with E-state index in [9.17, 15) is 8.78 Å². The van der Waals surface area contributed by atoms with Crippen molar-refractivity contribution in [3.8, 4) is 45.2 Å². The number of nitrogens with zero attached hydrogens (tertiary/aromatic N) is 5. The third-order valence-electron chi connectivity index (χ3n) is 7.50. The van der Waals surface area contributed by atoms with Gasteiger partial charge in [-0.1, -0.05) is 100 Å². The summed E-state index contributed by atoms with van der Waals surface area (Å²) in [5.74, 6) is -0.891. The molecule has 0 fully saturated rings. The van der Waals surface area contributed by atoms with Crippen LogP contribution in [0.4, 0.5) is 8.78 Å². The van der Waals surface area contributed by atoms with Gasteiger partial charge in [-0.3, -0.25) is 23.7 Å². The van der Waals surface area contributed by atoms with Crippen LogP contribution < -0.4 is 5.10 Å². The van der Waals surface area contributed by atoms with Crippen molar-refractivity contribution in [2.45, 2.75) is 60.3 Å². The summed E-state index contributed by atoms with van der Waals surface area (Å²) in [4.78, 5) is 13.2. The average molecular weight is 819 g/mol. The minimum absolute atomic E-state index is 0. The number of benzene rings is 2. The molecule has 4 heterocycles. The first kappa shape index (κ1) is 36.4. The largest absolute Gasteiger partial charge is 3.00 e. The molecule has 0 bridgehead atoms. The van der Waals surface area contributed by atoms with Gasteiger partial charge in [-0.25, -0.2) is 0 Å². The Kier molecular flexibility index (Phi) is 11.9. The van der Waals surface area contributed by atoms with Gasteiger partial charge in [0.25, 0.3) is 0 Å². The Morgan fingerprint density at radius 1 is 0.792 bits per heavy atom. The normalized spacial score (nSPS) is 11.1. The quantitative estimate of drug-likeness (QED) is 0.157. The van der Waals surface area contributed by atoms with Gasteiger partial charge in [0.05, 0.1) is 11.6 Å². The Balaban J connectivity index is 0.000000227. The molecule has 246 valence electrons. The van der Waals surface area contributed by atoms with Gasteiger partial charge < -0.3 is 10.2 Å². The van der Waals surface area contributed by atoms with E-state index in [4.69, 9.17) is 0 Å². The third-order valence-corrected chi connectivity index (χ3v) is 7.50. The number of pyridine rings is 3. The summed E-state index contributed by atoms with van der Waals surface area (Å²) in [6, 6.07) is 28.4. The zero-order valence-electron chi connectivity index (χ0n) is 28.2. The van der Waals surface area contributed by atoms with Gasteiger partial charge in [0, 0.05) is 35.2 Å². The summed E-state index contributed by atoms with van der Waals surface area (Å²) < 4.78 is 29.1. The second-order valence-electron chi connectivity index (χ2n) is 13.1. The molecule has 0 saturated heterocycles. The first-order valence-electron chi connectivity index (χ1n) is 15.6. The predicted octanol–water partition coefficient (Wildman–Crippen LogP) is 9.57. The molecule has 0 atom stereocenters. The molecule has 2 aromatic carbocycles. The summed E-state index contributed by atoms with van der Waals surface area (Å²) in [5.41, 5.74) is 8.81. The van der Waals surface area contributed by atoms with Crippen LogP contribution in [-0.4, -0.2) is 20.1 Å². The van der Waals surface area contributed by atoms with Crippen LogP contribution in [0.3, 0.4) is 0 Å². The van der Waals surface area contributed by atoms with E-state index in [1.54, 1.807) is 12.4 Å². The van der Waals surface area contributed by atoms with Crippen molar-refractivity contribution in [1.29, 1.82) is 0 Å². The number of rotatable bonds is 6. The number of hydrogen-bond acceptors (Lipinski definition) is 4. The molecule has 0 aliphatic carbocycles. The topological polar surface area (TPSA) is 65.7 Å². The van der Waals surface area contributed by atoms with Gasteiger partial charge in [0.1, 0.15) is 0 Å². The minimum atomic E-state index is -0.682. The molecule has 0 amide bonds. The number of aromatic nitrogens is 5. The Hall–Kier alpha value is -4.39. The summed E-state index contributed by atoms with van der Waals surface area (Å²) in [5, 5.41) is 8.12. The van der Waals surface area contributed by atoms with Crippen molar-refractivity contribution < 1.29 is 28.9 Å². The second kappa shape index (κ2) is 15.7. The van der Waals surface area contributed by atoms with Crippen LogP contribution in [-0.2, 0) is 31.9 Å². The third kappa shape index (κ3) is 9.15. The van der Waals surface area contributed by atoms with Crippen LogP contribution in [0.15, 0.2) is 85.2 Å². The first-order valence-corrected chi connectivity index (χ1v) is 15.6. The monoisotopic (exact) mass is 819 g/mol. The molecule has 0 radical (unpaired) electrons. The van der Waals surface area contributed by atoms with E-state index < -0.39 is 11.6 Å². The molecule has 4 aromatic heterocycles. The molecule has 0 spiro atoms.